The fraction of sp³-hybridized carbons (Fsp3) is 0.500. The number of amides is 1. The number of benzene rings is 1. The highest BCUT2D eigenvalue weighted by molar-refractivity contribution is 5.91. The zero-order valence-electron chi connectivity index (χ0n) is 13.5. The summed E-state index contributed by atoms with van der Waals surface area (Å²) in [6, 6.07) is 7.78. The third-order valence-corrected chi connectivity index (χ3v) is 4.46. The number of para-hydroxylation sites is 1. The molecular formula is C18H23N3O2. The van der Waals surface area contributed by atoms with Crippen LogP contribution in [0.3, 0.4) is 0 Å². The van der Waals surface area contributed by atoms with E-state index in [-0.39, 0.29) is 5.91 Å². The highest BCUT2D eigenvalue weighted by Gasteiger charge is 2.17. The minimum absolute atomic E-state index is 0.0889. The molecular weight excluding hydrogens is 290 g/mol. The van der Waals surface area contributed by atoms with Gasteiger partial charge >= 0.3 is 0 Å². The topological polar surface area (TPSA) is 68.0 Å². The van der Waals surface area contributed by atoms with Gasteiger partial charge in [0.1, 0.15) is 0 Å². The van der Waals surface area contributed by atoms with Crippen LogP contribution in [0.2, 0.25) is 0 Å². The van der Waals surface area contributed by atoms with E-state index in [0.29, 0.717) is 24.6 Å². The molecule has 1 N–H and O–H groups in total. The summed E-state index contributed by atoms with van der Waals surface area (Å²) in [6.07, 6.45) is 7.31. The second-order valence-electron chi connectivity index (χ2n) is 6.31. The highest BCUT2D eigenvalue weighted by Crippen LogP contribution is 2.28. The zero-order valence-corrected chi connectivity index (χ0v) is 13.5. The number of nitrogens with one attached hydrogen (secondary N) is 1. The lowest BCUT2D eigenvalue weighted by Gasteiger charge is -2.11. The van der Waals surface area contributed by atoms with Crippen molar-refractivity contribution in [2.75, 3.05) is 5.32 Å². The Bertz CT molecular complexity index is 660. The quantitative estimate of drug-likeness (QED) is 0.879. The first kappa shape index (κ1) is 15.7. The Balaban J connectivity index is 1.59. The van der Waals surface area contributed by atoms with Crippen LogP contribution in [0, 0.1) is 12.8 Å². The Kier molecular flexibility index (Phi) is 5.05. The number of carbonyl (C=O) groups is 1. The van der Waals surface area contributed by atoms with Crippen LogP contribution in [-0.2, 0) is 11.2 Å². The molecule has 1 fully saturated rings. The van der Waals surface area contributed by atoms with Gasteiger partial charge in [-0.1, -0.05) is 49.0 Å². The highest BCUT2D eigenvalue weighted by atomic mass is 16.5. The second kappa shape index (κ2) is 7.40. The van der Waals surface area contributed by atoms with Crippen molar-refractivity contribution in [3.63, 3.8) is 0 Å². The third kappa shape index (κ3) is 4.41. The number of nitrogens with zero attached hydrogens (tertiary/aromatic N) is 2. The van der Waals surface area contributed by atoms with Crippen molar-refractivity contribution >= 4 is 11.6 Å². The smallest absolute Gasteiger partial charge is 0.231 e. The molecule has 0 aliphatic heterocycles. The zero-order chi connectivity index (χ0) is 16.1. The fourth-order valence-corrected chi connectivity index (χ4v) is 3.22. The molecule has 1 aromatic heterocycles. The molecule has 1 heterocycles. The molecule has 5 nitrogen and oxygen atoms in total. The molecule has 0 saturated heterocycles. The number of rotatable bonds is 6. The SMILES string of the molecule is Cc1noc(Cc2ccccc2NC(=O)CCC2CCCC2)n1. The normalized spacial score (nSPS) is 15.0. The first-order chi connectivity index (χ1) is 11.2. The minimum atomic E-state index is 0.0889. The van der Waals surface area contributed by atoms with Crippen LogP contribution in [0.4, 0.5) is 5.69 Å². The first-order valence-corrected chi connectivity index (χ1v) is 8.37. The predicted octanol–water partition coefficient (Wildman–Crippen LogP) is 3.88. The molecule has 1 aromatic carbocycles. The summed E-state index contributed by atoms with van der Waals surface area (Å²) in [6.45, 7) is 1.80. The summed E-state index contributed by atoms with van der Waals surface area (Å²) in [5, 5.41) is 6.84. The van der Waals surface area contributed by atoms with Crippen LogP contribution in [0.5, 0.6) is 0 Å². The molecule has 0 unspecified atom stereocenters. The van der Waals surface area contributed by atoms with Crippen molar-refractivity contribution in [2.24, 2.45) is 5.92 Å². The standard InChI is InChI=1S/C18H23N3O2/c1-13-19-18(23-21-13)12-15-8-4-5-9-16(15)20-17(22)11-10-14-6-2-3-7-14/h4-5,8-9,14H,2-3,6-7,10-12H2,1H3,(H,20,22). The largest absolute Gasteiger partial charge is 0.339 e. The number of hydrogen-bond acceptors (Lipinski definition) is 4. The fourth-order valence-electron chi connectivity index (χ4n) is 3.22. The van der Waals surface area contributed by atoms with Gasteiger partial charge in [0.25, 0.3) is 0 Å². The van der Waals surface area contributed by atoms with E-state index in [0.717, 1.165) is 23.6 Å². The first-order valence-electron chi connectivity index (χ1n) is 8.37. The molecule has 122 valence electrons. The van der Waals surface area contributed by atoms with Gasteiger partial charge in [-0.2, -0.15) is 4.98 Å². The predicted molar refractivity (Wildman–Crippen MR) is 88.1 cm³/mol. The van der Waals surface area contributed by atoms with Gasteiger partial charge in [-0.25, -0.2) is 0 Å². The molecule has 1 saturated carbocycles. The van der Waals surface area contributed by atoms with Crippen LogP contribution >= 0.6 is 0 Å². The molecule has 1 aliphatic carbocycles. The average Bonchev–Trinajstić information content (AvgIpc) is 3.19. The second-order valence-corrected chi connectivity index (χ2v) is 6.31. The molecule has 23 heavy (non-hydrogen) atoms. The lowest BCUT2D eigenvalue weighted by Crippen LogP contribution is -2.14. The van der Waals surface area contributed by atoms with E-state index < -0.39 is 0 Å². The summed E-state index contributed by atoms with van der Waals surface area (Å²) in [4.78, 5) is 16.4. The van der Waals surface area contributed by atoms with E-state index in [1.807, 2.05) is 24.3 Å². The van der Waals surface area contributed by atoms with Gasteiger partial charge < -0.3 is 9.84 Å². The molecule has 0 atom stereocenters. The van der Waals surface area contributed by atoms with E-state index in [1.54, 1.807) is 6.92 Å². The molecule has 2 aromatic rings. The maximum atomic E-state index is 12.2. The van der Waals surface area contributed by atoms with Crippen molar-refractivity contribution in [2.45, 2.75) is 51.9 Å². The Morgan fingerprint density at radius 1 is 1.30 bits per heavy atom. The van der Waals surface area contributed by atoms with Crippen molar-refractivity contribution in [3.05, 3.63) is 41.5 Å². The average molecular weight is 313 g/mol. The van der Waals surface area contributed by atoms with E-state index in [2.05, 4.69) is 15.5 Å². The van der Waals surface area contributed by atoms with Crippen LogP contribution < -0.4 is 5.32 Å². The van der Waals surface area contributed by atoms with E-state index in [4.69, 9.17) is 4.52 Å². The van der Waals surface area contributed by atoms with Crippen LogP contribution in [0.15, 0.2) is 28.8 Å². The number of hydrogen-bond donors (Lipinski definition) is 1. The summed E-state index contributed by atoms with van der Waals surface area (Å²) in [7, 11) is 0. The number of aryl methyl sites for hydroxylation is 1. The maximum absolute atomic E-state index is 12.2. The van der Waals surface area contributed by atoms with Crippen LogP contribution in [0.25, 0.3) is 0 Å². The van der Waals surface area contributed by atoms with Crippen LogP contribution in [0.1, 0.15) is 55.8 Å². The molecule has 1 aliphatic rings. The van der Waals surface area contributed by atoms with Gasteiger partial charge in [0.15, 0.2) is 5.82 Å². The Hall–Kier alpha value is -2.17. The van der Waals surface area contributed by atoms with Gasteiger partial charge in [0.2, 0.25) is 11.8 Å². The lowest BCUT2D eigenvalue weighted by atomic mass is 10.0. The molecule has 0 spiro atoms. The minimum Gasteiger partial charge on any atom is -0.339 e. The Morgan fingerprint density at radius 3 is 2.83 bits per heavy atom. The van der Waals surface area contributed by atoms with Gasteiger partial charge in [0.05, 0.1) is 6.42 Å². The van der Waals surface area contributed by atoms with Crippen molar-refractivity contribution in [3.8, 4) is 0 Å². The van der Waals surface area contributed by atoms with Gasteiger partial charge in [-0.3, -0.25) is 4.79 Å². The Labute approximate surface area is 136 Å². The van der Waals surface area contributed by atoms with Gasteiger partial charge in [-0.05, 0) is 30.9 Å². The maximum Gasteiger partial charge on any atom is 0.231 e. The number of aromatic nitrogens is 2. The monoisotopic (exact) mass is 313 g/mol. The molecule has 5 heteroatoms. The number of carbonyl (C=O) groups excluding carboxylic acids is 1. The summed E-state index contributed by atoms with van der Waals surface area (Å²) >= 11 is 0. The van der Waals surface area contributed by atoms with Crippen molar-refractivity contribution in [1.29, 1.82) is 0 Å². The van der Waals surface area contributed by atoms with E-state index >= 15 is 0 Å². The van der Waals surface area contributed by atoms with Crippen LogP contribution in [-0.4, -0.2) is 16.0 Å². The molecule has 0 bridgehead atoms. The number of anilines is 1. The van der Waals surface area contributed by atoms with Crippen molar-refractivity contribution in [1.82, 2.24) is 10.1 Å². The lowest BCUT2D eigenvalue weighted by molar-refractivity contribution is -0.116. The molecule has 3 rings (SSSR count). The summed E-state index contributed by atoms with van der Waals surface area (Å²) in [5.74, 6) is 2.01. The van der Waals surface area contributed by atoms with Crippen molar-refractivity contribution < 1.29 is 9.32 Å². The van der Waals surface area contributed by atoms with Gasteiger partial charge in [-0.15, -0.1) is 0 Å². The van der Waals surface area contributed by atoms with E-state index in [9.17, 15) is 4.79 Å². The van der Waals surface area contributed by atoms with Gasteiger partial charge in [0, 0.05) is 12.1 Å². The third-order valence-electron chi connectivity index (χ3n) is 4.46. The van der Waals surface area contributed by atoms with E-state index in [1.165, 1.54) is 25.7 Å². The Morgan fingerprint density at radius 2 is 2.09 bits per heavy atom. The molecule has 1 amide bonds. The molecule has 0 radical (unpaired) electrons. The summed E-state index contributed by atoms with van der Waals surface area (Å²) < 4.78 is 5.17. The summed E-state index contributed by atoms with van der Waals surface area (Å²) in [5.41, 5.74) is 1.82.